The third kappa shape index (κ3) is 4.03. The van der Waals surface area contributed by atoms with Gasteiger partial charge in [-0.15, -0.1) is 0 Å². The Hall–Kier alpha value is -3.85. The van der Waals surface area contributed by atoms with Gasteiger partial charge in [-0.2, -0.15) is 0 Å². The van der Waals surface area contributed by atoms with Crippen molar-refractivity contribution in [1.29, 1.82) is 0 Å². The summed E-state index contributed by atoms with van der Waals surface area (Å²) < 4.78 is 12.8. The largest absolute Gasteiger partial charge is 0.461 e. The van der Waals surface area contributed by atoms with Crippen molar-refractivity contribution in [1.82, 2.24) is 4.98 Å². The number of aromatic nitrogens is 1. The number of pyridine rings is 1. The molecular weight excluding hydrogens is 454 g/mol. The van der Waals surface area contributed by atoms with Crippen LogP contribution in [0.5, 0.6) is 0 Å². The first kappa shape index (κ1) is 23.5. The maximum Gasteiger partial charge on any atom is 0.161 e. The topological polar surface area (TPSA) is 39.2 Å². The van der Waals surface area contributed by atoms with Crippen LogP contribution in [-0.4, -0.2) is 4.98 Å². The van der Waals surface area contributed by atoms with Crippen molar-refractivity contribution in [3.8, 4) is 22.6 Å². The smallest absolute Gasteiger partial charge is 0.161 e. The monoisotopic (exact) mass is 487 g/mol. The Labute approximate surface area is 218 Å². The third-order valence-electron chi connectivity index (χ3n) is 7.27. The van der Waals surface area contributed by atoms with E-state index < -0.39 is 0 Å². The molecule has 186 valence electrons. The summed E-state index contributed by atoms with van der Waals surface area (Å²) in [6.45, 7) is 13.3. The predicted octanol–water partition coefficient (Wildman–Crippen LogP) is 9.87. The van der Waals surface area contributed by atoms with Crippen LogP contribution in [0.15, 0.2) is 81.8 Å². The van der Waals surface area contributed by atoms with Crippen molar-refractivity contribution in [2.24, 2.45) is 5.92 Å². The summed E-state index contributed by atoms with van der Waals surface area (Å²) in [6, 6.07) is 23.5. The lowest BCUT2D eigenvalue weighted by Gasteiger charge is -2.22. The number of rotatable bonds is 4. The van der Waals surface area contributed by atoms with Gasteiger partial charge in [0.05, 0.1) is 0 Å². The summed E-state index contributed by atoms with van der Waals surface area (Å²) in [6.07, 6.45) is 2.85. The fourth-order valence-electron chi connectivity index (χ4n) is 5.56. The normalized spacial score (nSPS) is 12.4. The summed E-state index contributed by atoms with van der Waals surface area (Å²) >= 11 is 0. The first-order valence-corrected chi connectivity index (χ1v) is 13.1. The number of nitrogens with zero attached hydrogens (tertiary/aromatic N) is 1. The van der Waals surface area contributed by atoms with Gasteiger partial charge in [0, 0.05) is 33.7 Å². The van der Waals surface area contributed by atoms with Crippen LogP contribution >= 0.6 is 0 Å². The lowest BCUT2D eigenvalue weighted by atomic mass is 9.82. The van der Waals surface area contributed by atoms with Crippen LogP contribution in [0.25, 0.3) is 55.3 Å². The number of benzene rings is 3. The Morgan fingerprint density at radius 3 is 2.46 bits per heavy atom. The summed E-state index contributed by atoms with van der Waals surface area (Å²) in [4.78, 5) is 4.83. The molecular formula is C34H33NO2. The quantitative estimate of drug-likeness (QED) is 0.248. The SMILES string of the molecule is Cc1oc2cccc(-c3cc4ccnc(-c5cc(C(C)(C)C)c6ccccc6c5)c4o3)c2c1CC(C)C. The van der Waals surface area contributed by atoms with Crippen LogP contribution in [0, 0.1) is 12.8 Å². The lowest BCUT2D eigenvalue weighted by molar-refractivity contribution is 0.560. The second kappa shape index (κ2) is 8.62. The molecule has 0 unspecified atom stereocenters. The van der Waals surface area contributed by atoms with E-state index in [2.05, 4.69) is 96.1 Å². The van der Waals surface area contributed by atoms with Crippen LogP contribution < -0.4 is 0 Å². The fraction of sp³-hybridized carbons (Fsp3) is 0.265. The highest BCUT2D eigenvalue weighted by Gasteiger charge is 2.22. The van der Waals surface area contributed by atoms with Crippen molar-refractivity contribution >= 4 is 32.7 Å². The van der Waals surface area contributed by atoms with Crippen molar-refractivity contribution in [3.05, 3.63) is 89.8 Å². The van der Waals surface area contributed by atoms with Crippen molar-refractivity contribution < 1.29 is 8.83 Å². The Bertz CT molecular complexity index is 1780. The highest BCUT2D eigenvalue weighted by atomic mass is 16.3. The van der Waals surface area contributed by atoms with Crippen LogP contribution in [0.4, 0.5) is 0 Å². The average molecular weight is 488 g/mol. The van der Waals surface area contributed by atoms with E-state index in [9.17, 15) is 0 Å². The van der Waals surface area contributed by atoms with Crippen LogP contribution in [-0.2, 0) is 11.8 Å². The van der Waals surface area contributed by atoms with Gasteiger partial charge in [-0.05, 0) is 71.3 Å². The Balaban J connectivity index is 1.57. The number of hydrogen-bond donors (Lipinski definition) is 0. The summed E-state index contributed by atoms with van der Waals surface area (Å²) in [5, 5.41) is 4.70. The zero-order valence-corrected chi connectivity index (χ0v) is 22.5. The van der Waals surface area contributed by atoms with Crippen LogP contribution in [0.3, 0.4) is 0 Å². The maximum absolute atomic E-state index is 6.65. The van der Waals surface area contributed by atoms with E-state index in [1.807, 2.05) is 18.3 Å². The number of furan rings is 2. The van der Waals surface area contributed by atoms with E-state index in [0.29, 0.717) is 5.92 Å². The minimum atomic E-state index is -0.000559. The zero-order valence-electron chi connectivity index (χ0n) is 22.5. The molecule has 6 rings (SSSR count). The minimum Gasteiger partial charge on any atom is -0.461 e. The van der Waals surface area contributed by atoms with E-state index in [-0.39, 0.29) is 5.41 Å². The van der Waals surface area contributed by atoms with E-state index in [1.54, 1.807) is 0 Å². The molecule has 0 atom stereocenters. The van der Waals surface area contributed by atoms with Gasteiger partial charge in [0.15, 0.2) is 5.58 Å². The van der Waals surface area contributed by atoms with Gasteiger partial charge in [0.1, 0.15) is 22.8 Å². The second-order valence-corrected chi connectivity index (χ2v) is 11.6. The van der Waals surface area contributed by atoms with Gasteiger partial charge < -0.3 is 8.83 Å². The zero-order chi connectivity index (χ0) is 25.9. The number of aryl methyl sites for hydroxylation is 1. The van der Waals surface area contributed by atoms with E-state index in [4.69, 9.17) is 13.8 Å². The van der Waals surface area contributed by atoms with Gasteiger partial charge in [0.25, 0.3) is 0 Å². The molecule has 6 aromatic rings. The maximum atomic E-state index is 6.65. The van der Waals surface area contributed by atoms with Crippen molar-refractivity contribution in [2.45, 2.75) is 53.4 Å². The molecule has 0 aliphatic heterocycles. The van der Waals surface area contributed by atoms with Gasteiger partial charge >= 0.3 is 0 Å². The first-order chi connectivity index (χ1) is 17.7. The third-order valence-corrected chi connectivity index (χ3v) is 7.27. The number of hydrogen-bond acceptors (Lipinski definition) is 3. The molecule has 3 aromatic carbocycles. The molecule has 0 saturated carbocycles. The first-order valence-electron chi connectivity index (χ1n) is 13.1. The molecule has 0 fully saturated rings. The van der Waals surface area contributed by atoms with Crippen LogP contribution in [0.1, 0.15) is 51.5 Å². The van der Waals surface area contributed by atoms with Crippen molar-refractivity contribution in [2.75, 3.05) is 0 Å². The summed E-state index contributed by atoms with van der Waals surface area (Å²) in [5.74, 6) is 2.36. The van der Waals surface area contributed by atoms with E-state index in [1.165, 1.54) is 21.9 Å². The van der Waals surface area contributed by atoms with Gasteiger partial charge in [-0.1, -0.05) is 71.0 Å². The van der Waals surface area contributed by atoms with Gasteiger partial charge in [0.2, 0.25) is 0 Å². The standard InChI is InChI=1S/C34H33NO2/c1-20(2)16-27-21(3)36-29-13-9-12-26(31(27)29)30-19-23-14-15-35-32(33(23)37-30)24-17-22-10-7-8-11-25(22)28(18-24)34(4,5)6/h7-15,17-20H,16H2,1-6H3. The molecule has 3 aromatic heterocycles. The lowest BCUT2D eigenvalue weighted by Crippen LogP contribution is -2.12. The number of fused-ring (bicyclic) bond motifs is 3. The Morgan fingerprint density at radius 1 is 0.865 bits per heavy atom. The highest BCUT2D eigenvalue weighted by Crippen LogP contribution is 2.41. The van der Waals surface area contributed by atoms with E-state index >= 15 is 0 Å². The molecule has 0 bridgehead atoms. The van der Waals surface area contributed by atoms with Crippen molar-refractivity contribution in [3.63, 3.8) is 0 Å². The fourth-order valence-corrected chi connectivity index (χ4v) is 5.56. The molecule has 0 aliphatic carbocycles. The average Bonchev–Trinajstić information content (AvgIpc) is 3.43. The highest BCUT2D eigenvalue weighted by molar-refractivity contribution is 6.01. The molecule has 0 spiro atoms. The molecule has 0 N–H and O–H groups in total. The Morgan fingerprint density at radius 2 is 1.68 bits per heavy atom. The molecule has 0 radical (unpaired) electrons. The molecule has 3 heteroatoms. The van der Waals surface area contributed by atoms with Gasteiger partial charge in [-0.25, -0.2) is 0 Å². The second-order valence-electron chi connectivity index (χ2n) is 11.6. The summed E-state index contributed by atoms with van der Waals surface area (Å²) in [5.41, 5.74) is 7.32. The molecule has 0 aliphatic rings. The molecule has 37 heavy (non-hydrogen) atoms. The predicted molar refractivity (Wildman–Crippen MR) is 154 cm³/mol. The van der Waals surface area contributed by atoms with Gasteiger partial charge in [-0.3, -0.25) is 4.98 Å². The minimum absolute atomic E-state index is 0.000559. The Kier molecular flexibility index (Phi) is 5.49. The van der Waals surface area contributed by atoms with E-state index in [0.717, 1.165) is 56.7 Å². The van der Waals surface area contributed by atoms with Crippen LogP contribution in [0.2, 0.25) is 0 Å². The molecule has 3 nitrogen and oxygen atoms in total. The molecule has 0 amide bonds. The molecule has 3 heterocycles. The summed E-state index contributed by atoms with van der Waals surface area (Å²) in [7, 11) is 0. The molecule has 0 saturated heterocycles.